The van der Waals surface area contributed by atoms with E-state index in [0.717, 1.165) is 6.42 Å². The smallest absolute Gasteiger partial charge is 0.344 e. The number of carbonyl (C=O) groups is 3. The fourth-order valence-electron chi connectivity index (χ4n) is 2.73. The number of benzene rings is 1. The van der Waals surface area contributed by atoms with Gasteiger partial charge in [-0.2, -0.15) is 0 Å². The van der Waals surface area contributed by atoms with Crippen LogP contribution < -0.4 is 15.4 Å². The van der Waals surface area contributed by atoms with E-state index < -0.39 is 24.0 Å². The average molecular weight is 390 g/mol. The molecule has 152 valence electrons. The van der Waals surface area contributed by atoms with Crippen LogP contribution >= 0.6 is 0 Å². The Kier molecular flexibility index (Phi) is 7.86. The molecule has 0 saturated carbocycles. The van der Waals surface area contributed by atoms with Gasteiger partial charge in [0.2, 0.25) is 0 Å². The second-order valence-electron chi connectivity index (χ2n) is 6.12. The topological polar surface area (TPSA) is 103 Å². The van der Waals surface area contributed by atoms with E-state index in [1.807, 2.05) is 19.1 Å². The van der Waals surface area contributed by atoms with Crippen molar-refractivity contribution in [1.29, 1.82) is 0 Å². The predicted octanol–water partition coefficient (Wildman–Crippen LogP) is 2.08. The summed E-state index contributed by atoms with van der Waals surface area (Å²) in [5.74, 6) is -0.613. The molecule has 8 nitrogen and oxygen atoms in total. The molecular weight excluding hydrogens is 364 g/mol. The minimum atomic E-state index is -0.615. The molecule has 0 bridgehead atoms. The summed E-state index contributed by atoms with van der Waals surface area (Å²) >= 11 is 0. The van der Waals surface area contributed by atoms with Crippen molar-refractivity contribution in [1.82, 2.24) is 10.6 Å². The van der Waals surface area contributed by atoms with Crippen LogP contribution in [0.5, 0.6) is 5.75 Å². The number of amides is 2. The van der Waals surface area contributed by atoms with E-state index in [1.165, 1.54) is 5.56 Å². The summed E-state index contributed by atoms with van der Waals surface area (Å²) in [5.41, 5.74) is 1.64. The van der Waals surface area contributed by atoms with Crippen molar-refractivity contribution in [3.8, 4) is 5.75 Å². The van der Waals surface area contributed by atoms with Crippen molar-refractivity contribution < 1.29 is 28.6 Å². The molecule has 0 aromatic heterocycles. The highest BCUT2D eigenvalue weighted by Crippen LogP contribution is 2.17. The van der Waals surface area contributed by atoms with E-state index in [0.29, 0.717) is 12.2 Å². The minimum Gasteiger partial charge on any atom is -0.482 e. The third kappa shape index (κ3) is 5.73. The zero-order chi connectivity index (χ0) is 20.5. The molecule has 1 atom stereocenters. The normalized spacial score (nSPS) is 16.1. The van der Waals surface area contributed by atoms with Crippen LogP contribution in [0.4, 0.5) is 4.79 Å². The Morgan fingerprint density at radius 1 is 1.07 bits per heavy atom. The minimum absolute atomic E-state index is 0.199. The zero-order valence-electron chi connectivity index (χ0n) is 16.4. The van der Waals surface area contributed by atoms with Crippen LogP contribution in [-0.4, -0.2) is 43.8 Å². The number of hydrogen-bond acceptors (Lipinski definition) is 6. The van der Waals surface area contributed by atoms with Crippen molar-refractivity contribution in [2.24, 2.45) is 0 Å². The molecule has 0 saturated heterocycles. The fraction of sp³-hybridized carbons (Fsp3) is 0.450. The molecule has 8 heteroatoms. The molecule has 2 rings (SSSR count). The van der Waals surface area contributed by atoms with Gasteiger partial charge in [-0.15, -0.1) is 0 Å². The Morgan fingerprint density at radius 3 is 2.39 bits per heavy atom. The molecule has 1 aromatic rings. The lowest BCUT2D eigenvalue weighted by Crippen LogP contribution is -2.51. The molecule has 2 amide bonds. The van der Waals surface area contributed by atoms with E-state index >= 15 is 0 Å². The first-order chi connectivity index (χ1) is 13.5. The van der Waals surface area contributed by atoms with Gasteiger partial charge in [-0.05, 0) is 37.5 Å². The van der Waals surface area contributed by atoms with Gasteiger partial charge in [0.15, 0.2) is 6.61 Å². The van der Waals surface area contributed by atoms with Gasteiger partial charge in [-0.1, -0.05) is 26.0 Å². The molecule has 0 radical (unpaired) electrons. The van der Waals surface area contributed by atoms with Crippen LogP contribution in [0.25, 0.3) is 0 Å². The van der Waals surface area contributed by atoms with E-state index in [2.05, 4.69) is 17.6 Å². The maximum absolute atomic E-state index is 12.3. The summed E-state index contributed by atoms with van der Waals surface area (Å²) in [6.07, 6.45) is 1.41. The zero-order valence-corrected chi connectivity index (χ0v) is 16.4. The first-order valence-electron chi connectivity index (χ1n) is 9.33. The third-order valence-corrected chi connectivity index (χ3v) is 4.21. The van der Waals surface area contributed by atoms with Crippen molar-refractivity contribution >= 4 is 18.0 Å². The van der Waals surface area contributed by atoms with Gasteiger partial charge in [0, 0.05) is 0 Å². The first-order valence-corrected chi connectivity index (χ1v) is 9.33. The molecule has 2 N–H and O–H groups in total. The van der Waals surface area contributed by atoms with Crippen LogP contribution in [0.15, 0.2) is 35.5 Å². The molecule has 1 aromatic carbocycles. The highest BCUT2D eigenvalue weighted by molar-refractivity contribution is 5.94. The van der Waals surface area contributed by atoms with E-state index in [4.69, 9.17) is 14.2 Å². The van der Waals surface area contributed by atoms with E-state index in [9.17, 15) is 14.4 Å². The Bertz CT molecular complexity index is 742. The van der Waals surface area contributed by atoms with Crippen molar-refractivity contribution in [3.05, 3.63) is 41.1 Å². The quantitative estimate of drug-likeness (QED) is 0.626. The van der Waals surface area contributed by atoms with Gasteiger partial charge in [-0.3, -0.25) is 0 Å². The Labute approximate surface area is 164 Å². The third-order valence-electron chi connectivity index (χ3n) is 4.21. The number of ether oxygens (including phenoxy) is 3. The first kappa shape index (κ1) is 21.3. The van der Waals surface area contributed by atoms with E-state index in [-0.39, 0.29) is 31.1 Å². The molecule has 0 aliphatic carbocycles. The number of carbonyl (C=O) groups excluding carboxylic acids is 3. The summed E-state index contributed by atoms with van der Waals surface area (Å²) < 4.78 is 15.6. The SMILES string of the molecule is CCOC(=O)C1=C(COC(=O)COc2ccc(CC)cc2)NC(=O)N[C@H]1CC. The molecule has 1 heterocycles. The summed E-state index contributed by atoms with van der Waals surface area (Å²) in [7, 11) is 0. The number of nitrogens with one attached hydrogen (secondary N) is 2. The number of esters is 2. The summed E-state index contributed by atoms with van der Waals surface area (Å²) in [6.45, 7) is 5.24. The molecule has 0 unspecified atom stereocenters. The monoisotopic (exact) mass is 390 g/mol. The molecule has 0 spiro atoms. The van der Waals surface area contributed by atoms with Gasteiger partial charge in [0.25, 0.3) is 0 Å². The van der Waals surface area contributed by atoms with Gasteiger partial charge >= 0.3 is 18.0 Å². The second kappa shape index (κ2) is 10.3. The lowest BCUT2D eigenvalue weighted by atomic mass is 10.0. The summed E-state index contributed by atoms with van der Waals surface area (Å²) in [6, 6.07) is 6.45. The maximum Gasteiger partial charge on any atom is 0.344 e. The van der Waals surface area contributed by atoms with Crippen molar-refractivity contribution in [3.63, 3.8) is 0 Å². The standard InChI is InChI=1S/C20H26N2O6/c1-4-13-7-9-14(10-8-13)27-12-17(23)28-11-16-18(19(24)26-6-3)15(5-2)21-20(25)22-16/h7-10,15H,4-6,11-12H2,1-3H3,(H2,21,22,25)/t15-/m0/s1. The van der Waals surface area contributed by atoms with Crippen molar-refractivity contribution in [2.45, 2.75) is 39.7 Å². The van der Waals surface area contributed by atoms with Crippen LogP contribution in [0.3, 0.4) is 0 Å². The lowest BCUT2D eigenvalue weighted by Gasteiger charge is -2.28. The lowest BCUT2D eigenvalue weighted by molar-refractivity contribution is -0.145. The Hall–Kier alpha value is -3.03. The molecule has 28 heavy (non-hydrogen) atoms. The van der Waals surface area contributed by atoms with E-state index in [1.54, 1.807) is 19.1 Å². The largest absolute Gasteiger partial charge is 0.482 e. The van der Waals surface area contributed by atoms with Gasteiger partial charge in [0.1, 0.15) is 12.4 Å². The highest BCUT2D eigenvalue weighted by atomic mass is 16.6. The molecule has 1 aliphatic heterocycles. The van der Waals surface area contributed by atoms with Gasteiger partial charge in [0.05, 0.1) is 23.9 Å². The molecule has 0 fully saturated rings. The molecular formula is C20H26N2O6. The Morgan fingerprint density at radius 2 is 1.79 bits per heavy atom. The number of rotatable bonds is 9. The summed E-state index contributed by atoms with van der Waals surface area (Å²) in [5, 5.41) is 5.18. The van der Waals surface area contributed by atoms with Crippen LogP contribution in [0.2, 0.25) is 0 Å². The van der Waals surface area contributed by atoms with Crippen LogP contribution in [0, 0.1) is 0 Å². The van der Waals surface area contributed by atoms with Crippen molar-refractivity contribution in [2.75, 3.05) is 19.8 Å². The number of urea groups is 1. The predicted molar refractivity (Wildman–Crippen MR) is 102 cm³/mol. The maximum atomic E-state index is 12.3. The highest BCUT2D eigenvalue weighted by Gasteiger charge is 2.31. The van der Waals surface area contributed by atoms with Crippen LogP contribution in [-0.2, 0) is 25.5 Å². The molecule has 1 aliphatic rings. The van der Waals surface area contributed by atoms with Gasteiger partial charge in [-0.25, -0.2) is 14.4 Å². The van der Waals surface area contributed by atoms with Crippen LogP contribution in [0.1, 0.15) is 32.8 Å². The number of hydrogen-bond donors (Lipinski definition) is 2. The Balaban J connectivity index is 1.98. The van der Waals surface area contributed by atoms with Gasteiger partial charge < -0.3 is 24.8 Å². The fourth-order valence-corrected chi connectivity index (χ4v) is 2.73. The average Bonchev–Trinajstić information content (AvgIpc) is 2.70. The number of aryl methyl sites for hydroxylation is 1. The second-order valence-corrected chi connectivity index (χ2v) is 6.12. The summed E-state index contributed by atoms with van der Waals surface area (Å²) in [4.78, 5) is 36.1.